The fourth-order valence-electron chi connectivity index (χ4n) is 4.05. The Morgan fingerprint density at radius 1 is 1.11 bits per heavy atom. The molecular weight excluding hydrogens is 348 g/mol. The van der Waals surface area contributed by atoms with E-state index < -0.39 is 23.8 Å². The van der Waals surface area contributed by atoms with Gasteiger partial charge in [-0.05, 0) is 44.1 Å². The van der Waals surface area contributed by atoms with Gasteiger partial charge in [0.1, 0.15) is 6.04 Å². The molecule has 0 aromatic heterocycles. The Hall–Kier alpha value is -2.58. The number of carbonyl (C=O) groups is 4. The van der Waals surface area contributed by atoms with Crippen molar-refractivity contribution in [2.24, 2.45) is 0 Å². The molecule has 3 aliphatic heterocycles. The molecule has 0 radical (unpaired) electrons. The van der Waals surface area contributed by atoms with Crippen molar-refractivity contribution in [3.63, 3.8) is 0 Å². The molecule has 27 heavy (non-hydrogen) atoms. The summed E-state index contributed by atoms with van der Waals surface area (Å²) in [4.78, 5) is 52.2. The van der Waals surface area contributed by atoms with Crippen LogP contribution >= 0.6 is 0 Å². The lowest BCUT2D eigenvalue weighted by Crippen LogP contribution is -2.54. The standard InChI is InChI=1S/C19H22N4O4/c1-22(12-6-7-20-9-12)10-11-2-3-13-14(8-11)19(27)23(18(13)26)15-4-5-16(24)21-17(15)25/h2-3,8,12,15,20H,4-7,9-10H2,1H3,(H,21,24,25). The first-order valence-electron chi connectivity index (χ1n) is 9.21. The smallest absolute Gasteiger partial charge is 0.262 e. The highest BCUT2D eigenvalue weighted by atomic mass is 16.2. The molecule has 2 atom stereocenters. The van der Waals surface area contributed by atoms with Crippen molar-refractivity contribution in [2.45, 2.75) is 37.9 Å². The van der Waals surface area contributed by atoms with Gasteiger partial charge in [0, 0.05) is 25.6 Å². The third-order valence-electron chi connectivity index (χ3n) is 5.59. The summed E-state index contributed by atoms with van der Waals surface area (Å²) in [6.07, 6.45) is 1.37. The van der Waals surface area contributed by atoms with Crippen molar-refractivity contribution in [2.75, 3.05) is 20.1 Å². The molecule has 0 aliphatic carbocycles. The van der Waals surface area contributed by atoms with Gasteiger partial charge < -0.3 is 5.32 Å². The highest BCUT2D eigenvalue weighted by molar-refractivity contribution is 6.23. The van der Waals surface area contributed by atoms with Crippen LogP contribution in [0.3, 0.4) is 0 Å². The van der Waals surface area contributed by atoms with Crippen LogP contribution < -0.4 is 10.6 Å². The minimum Gasteiger partial charge on any atom is -0.315 e. The number of carbonyl (C=O) groups excluding carboxylic acids is 4. The lowest BCUT2D eigenvalue weighted by Gasteiger charge is -2.27. The number of fused-ring (bicyclic) bond motifs is 1. The molecule has 1 aromatic rings. The minimum atomic E-state index is -0.925. The zero-order valence-corrected chi connectivity index (χ0v) is 15.2. The maximum absolute atomic E-state index is 12.8. The van der Waals surface area contributed by atoms with Crippen LogP contribution in [0.25, 0.3) is 0 Å². The zero-order chi connectivity index (χ0) is 19.1. The lowest BCUT2D eigenvalue weighted by molar-refractivity contribution is -0.136. The van der Waals surface area contributed by atoms with E-state index in [2.05, 4.69) is 15.5 Å². The molecule has 8 nitrogen and oxygen atoms in total. The second-order valence-corrected chi connectivity index (χ2v) is 7.39. The van der Waals surface area contributed by atoms with Crippen LogP contribution in [0.2, 0.25) is 0 Å². The topological polar surface area (TPSA) is 98.8 Å². The molecule has 2 N–H and O–H groups in total. The van der Waals surface area contributed by atoms with Gasteiger partial charge in [-0.3, -0.25) is 34.3 Å². The molecule has 1 aromatic carbocycles. The summed E-state index contributed by atoms with van der Waals surface area (Å²) in [5.74, 6) is -1.89. The lowest BCUT2D eigenvalue weighted by atomic mass is 10.0. The van der Waals surface area contributed by atoms with Crippen LogP contribution in [0.4, 0.5) is 0 Å². The van der Waals surface area contributed by atoms with E-state index >= 15 is 0 Å². The number of nitrogens with zero attached hydrogens (tertiary/aromatic N) is 2. The van der Waals surface area contributed by atoms with Crippen LogP contribution in [0.15, 0.2) is 18.2 Å². The highest BCUT2D eigenvalue weighted by Gasteiger charge is 2.44. The van der Waals surface area contributed by atoms with Crippen LogP contribution in [0, 0.1) is 0 Å². The highest BCUT2D eigenvalue weighted by Crippen LogP contribution is 2.28. The summed E-state index contributed by atoms with van der Waals surface area (Å²) in [6, 6.07) is 4.80. The number of hydrogen-bond acceptors (Lipinski definition) is 6. The SMILES string of the molecule is CN(Cc1ccc2c(c1)C(=O)N(C1CCC(=O)NC1=O)C2=O)C1CCNC1. The Bertz CT molecular complexity index is 831. The van der Waals surface area contributed by atoms with E-state index in [9.17, 15) is 19.2 Å². The summed E-state index contributed by atoms with van der Waals surface area (Å²) < 4.78 is 0. The van der Waals surface area contributed by atoms with Crippen molar-refractivity contribution < 1.29 is 19.2 Å². The van der Waals surface area contributed by atoms with E-state index in [1.807, 2.05) is 13.1 Å². The summed E-state index contributed by atoms with van der Waals surface area (Å²) in [6.45, 7) is 2.63. The predicted molar refractivity (Wildman–Crippen MR) is 95.9 cm³/mol. The summed E-state index contributed by atoms with van der Waals surface area (Å²) in [5, 5.41) is 5.54. The van der Waals surface area contributed by atoms with Crippen LogP contribution in [-0.4, -0.2) is 65.6 Å². The van der Waals surface area contributed by atoms with E-state index in [1.54, 1.807) is 12.1 Å². The number of rotatable bonds is 4. The van der Waals surface area contributed by atoms with Gasteiger partial charge in [-0.25, -0.2) is 0 Å². The van der Waals surface area contributed by atoms with Crippen molar-refractivity contribution >= 4 is 23.6 Å². The quantitative estimate of drug-likeness (QED) is 0.717. The van der Waals surface area contributed by atoms with E-state index in [0.717, 1.165) is 30.0 Å². The van der Waals surface area contributed by atoms with E-state index in [1.165, 1.54) is 0 Å². The Balaban J connectivity index is 1.54. The van der Waals surface area contributed by atoms with Crippen LogP contribution in [-0.2, 0) is 16.1 Å². The largest absolute Gasteiger partial charge is 0.315 e. The van der Waals surface area contributed by atoms with E-state index in [-0.39, 0.29) is 18.7 Å². The molecule has 0 bridgehead atoms. The van der Waals surface area contributed by atoms with Gasteiger partial charge in [0.05, 0.1) is 11.1 Å². The van der Waals surface area contributed by atoms with Gasteiger partial charge in [-0.1, -0.05) is 6.07 Å². The maximum atomic E-state index is 12.8. The second-order valence-electron chi connectivity index (χ2n) is 7.39. The Morgan fingerprint density at radius 2 is 1.89 bits per heavy atom. The molecule has 2 fully saturated rings. The normalized spacial score (nSPS) is 25.3. The van der Waals surface area contributed by atoms with Gasteiger partial charge >= 0.3 is 0 Å². The molecule has 142 valence electrons. The number of piperidine rings is 1. The summed E-state index contributed by atoms with van der Waals surface area (Å²) in [7, 11) is 2.05. The van der Waals surface area contributed by atoms with Crippen molar-refractivity contribution in [1.82, 2.24) is 20.4 Å². The molecule has 4 rings (SSSR count). The van der Waals surface area contributed by atoms with Crippen molar-refractivity contribution in [1.29, 1.82) is 0 Å². The number of hydrogen-bond donors (Lipinski definition) is 2. The molecule has 2 saturated heterocycles. The molecule has 3 heterocycles. The van der Waals surface area contributed by atoms with Crippen molar-refractivity contribution in [3.8, 4) is 0 Å². The first kappa shape index (κ1) is 17.8. The third kappa shape index (κ3) is 3.15. The summed E-state index contributed by atoms with van der Waals surface area (Å²) in [5.41, 5.74) is 1.60. The number of nitrogens with one attached hydrogen (secondary N) is 2. The summed E-state index contributed by atoms with van der Waals surface area (Å²) >= 11 is 0. The van der Waals surface area contributed by atoms with Gasteiger partial charge in [0.25, 0.3) is 11.8 Å². The number of likely N-dealkylation sites (N-methyl/N-ethyl adjacent to an activating group) is 1. The molecule has 8 heteroatoms. The minimum absolute atomic E-state index is 0.120. The number of benzene rings is 1. The molecule has 4 amide bonds. The van der Waals surface area contributed by atoms with Gasteiger partial charge in [-0.2, -0.15) is 0 Å². The molecule has 2 unspecified atom stereocenters. The van der Waals surface area contributed by atoms with Gasteiger partial charge in [-0.15, -0.1) is 0 Å². The van der Waals surface area contributed by atoms with E-state index in [0.29, 0.717) is 23.7 Å². The third-order valence-corrected chi connectivity index (χ3v) is 5.59. The zero-order valence-electron chi connectivity index (χ0n) is 15.2. The first-order chi connectivity index (χ1) is 13.0. The van der Waals surface area contributed by atoms with Gasteiger partial charge in [0.15, 0.2) is 0 Å². The van der Waals surface area contributed by atoms with Crippen LogP contribution in [0.5, 0.6) is 0 Å². The predicted octanol–water partition coefficient (Wildman–Crippen LogP) is -0.118. The van der Waals surface area contributed by atoms with Gasteiger partial charge in [0.2, 0.25) is 11.8 Å². The Kier molecular flexibility index (Phi) is 4.53. The second kappa shape index (κ2) is 6.86. The number of amides is 4. The van der Waals surface area contributed by atoms with E-state index in [4.69, 9.17) is 0 Å². The number of imide groups is 2. The average molecular weight is 370 g/mol. The Labute approximate surface area is 156 Å². The molecule has 0 saturated carbocycles. The fraction of sp³-hybridized carbons (Fsp3) is 0.474. The molecule has 3 aliphatic rings. The van der Waals surface area contributed by atoms with Crippen LogP contribution in [0.1, 0.15) is 45.5 Å². The monoisotopic (exact) mass is 370 g/mol. The molecule has 0 spiro atoms. The van der Waals surface area contributed by atoms with Crippen molar-refractivity contribution in [3.05, 3.63) is 34.9 Å². The maximum Gasteiger partial charge on any atom is 0.262 e. The fourth-order valence-corrected chi connectivity index (χ4v) is 4.05. The molecular formula is C19H22N4O4. The Morgan fingerprint density at radius 3 is 2.59 bits per heavy atom. The average Bonchev–Trinajstić information content (AvgIpc) is 3.25. The first-order valence-corrected chi connectivity index (χ1v) is 9.21.